The van der Waals surface area contributed by atoms with E-state index in [2.05, 4.69) is 0 Å². The number of anilines is 1. The average molecular weight is 329 g/mol. The van der Waals surface area contributed by atoms with E-state index in [-0.39, 0.29) is 16.6 Å². The van der Waals surface area contributed by atoms with Crippen LogP contribution in [0, 0.1) is 0 Å². The molecule has 0 aliphatic rings. The largest absolute Gasteiger partial charge is 0.477 e. The van der Waals surface area contributed by atoms with Crippen LogP contribution in [0.2, 0.25) is 5.02 Å². The fraction of sp³-hybridized carbons (Fsp3) is 0.0588. The van der Waals surface area contributed by atoms with Crippen molar-refractivity contribution in [2.75, 3.05) is 5.73 Å². The van der Waals surface area contributed by atoms with Gasteiger partial charge in [0.1, 0.15) is 5.56 Å². The Kier molecular flexibility index (Phi) is 3.80. The zero-order valence-corrected chi connectivity index (χ0v) is 12.7. The molecule has 0 aliphatic carbocycles. The van der Waals surface area contributed by atoms with Crippen LogP contribution < -0.4 is 11.2 Å². The molecule has 0 saturated carbocycles. The molecule has 0 spiro atoms. The van der Waals surface area contributed by atoms with E-state index in [0.717, 1.165) is 5.56 Å². The van der Waals surface area contributed by atoms with Gasteiger partial charge in [-0.15, -0.1) is 0 Å². The van der Waals surface area contributed by atoms with Crippen molar-refractivity contribution in [3.63, 3.8) is 0 Å². The summed E-state index contributed by atoms with van der Waals surface area (Å²) in [5.74, 6) is -1.27. The van der Waals surface area contributed by atoms with Gasteiger partial charge in [0.05, 0.1) is 10.9 Å². The molecular weight excluding hydrogens is 316 g/mol. The Morgan fingerprint density at radius 3 is 2.52 bits per heavy atom. The normalized spacial score (nSPS) is 10.8. The predicted molar refractivity (Wildman–Crippen MR) is 90.1 cm³/mol. The molecule has 116 valence electrons. The lowest BCUT2D eigenvalue weighted by atomic mass is 10.1. The summed E-state index contributed by atoms with van der Waals surface area (Å²) in [6.07, 6.45) is 1.35. The third-order valence-electron chi connectivity index (χ3n) is 3.64. The maximum atomic E-state index is 12.3. The fourth-order valence-electron chi connectivity index (χ4n) is 2.53. The average Bonchev–Trinajstić information content (AvgIpc) is 2.51. The summed E-state index contributed by atoms with van der Waals surface area (Å²) in [4.78, 5) is 23.7. The highest BCUT2D eigenvalue weighted by Gasteiger charge is 2.16. The van der Waals surface area contributed by atoms with Gasteiger partial charge >= 0.3 is 5.97 Å². The van der Waals surface area contributed by atoms with E-state index in [1.807, 2.05) is 12.1 Å². The monoisotopic (exact) mass is 328 g/mol. The minimum atomic E-state index is -1.27. The summed E-state index contributed by atoms with van der Waals surface area (Å²) in [5, 5.41) is 10.1. The fourth-order valence-corrected chi connectivity index (χ4v) is 2.66. The molecule has 6 heteroatoms. The van der Waals surface area contributed by atoms with E-state index in [1.54, 1.807) is 34.9 Å². The zero-order valence-electron chi connectivity index (χ0n) is 12.0. The molecule has 0 aliphatic heterocycles. The second kappa shape index (κ2) is 5.78. The van der Waals surface area contributed by atoms with Gasteiger partial charge in [0.25, 0.3) is 0 Å². The molecule has 0 unspecified atom stereocenters. The van der Waals surface area contributed by atoms with Crippen molar-refractivity contribution in [2.45, 2.75) is 6.54 Å². The number of fused-ring (bicyclic) bond motifs is 1. The number of nitrogens with zero attached hydrogens (tertiary/aromatic N) is 1. The van der Waals surface area contributed by atoms with Crippen LogP contribution in [0.4, 0.5) is 5.69 Å². The van der Waals surface area contributed by atoms with Crippen LogP contribution in [-0.4, -0.2) is 15.6 Å². The van der Waals surface area contributed by atoms with Crippen LogP contribution in [0.25, 0.3) is 10.9 Å². The minimum absolute atomic E-state index is 0.223. The van der Waals surface area contributed by atoms with Crippen LogP contribution >= 0.6 is 11.6 Å². The van der Waals surface area contributed by atoms with E-state index >= 15 is 0 Å². The van der Waals surface area contributed by atoms with Crippen molar-refractivity contribution in [3.05, 3.63) is 75.0 Å². The van der Waals surface area contributed by atoms with Crippen molar-refractivity contribution in [1.29, 1.82) is 0 Å². The molecule has 23 heavy (non-hydrogen) atoms. The summed E-state index contributed by atoms with van der Waals surface area (Å²) in [6, 6.07) is 12.3. The van der Waals surface area contributed by atoms with Crippen LogP contribution in [-0.2, 0) is 6.54 Å². The number of carbonyl (C=O) groups is 1. The molecular formula is C17H13ClN2O3. The number of rotatable bonds is 3. The lowest BCUT2D eigenvalue weighted by molar-refractivity contribution is 0.0695. The van der Waals surface area contributed by atoms with E-state index in [0.29, 0.717) is 17.1 Å². The molecule has 3 aromatic rings. The number of aromatic carboxylic acids is 1. The van der Waals surface area contributed by atoms with E-state index in [4.69, 9.17) is 17.3 Å². The number of nitrogens with two attached hydrogens (primary N) is 1. The maximum Gasteiger partial charge on any atom is 0.341 e. The van der Waals surface area contributed by atoms with Gasteiger partial charge in [-0.3, -0.25) is 4.79 Å². The molecule has 5 nitrogen and oxygen atoms in total. The van der Waals surface area contributed by atoms with E-state index in [1.165, 1.54) is 6.20 Å². The quantitative estimate of drug-likeness (QED) is 0.724. The number of hydrogen-bond acceptors (Lipinski definition) is 3. The molecule has 0 saturated heterocycles. The summed E-state index contributed by atoms with van der Waals surface area (Å²) in [6.45, 7) is 0.400. The van der Waals surface area contributed by atoms with Gasteiger partial charge < -0.3 is 15.4 Å². The maximum absolute atomic E-state index is 12.3. The number of carboxylic acids is 1. The lowest BCUT2D eigenvalue weighted by Gasteiger charge is -2.13. The number of hydrogen-bond donors (Lipinski definition) is 2. The summed E-state index contributed by atoms with van der Waals surface area (Å²) >= 11 is 5.88. The van der Waals surface area contributed by atoms with Crippen molar-refractivity contribution in [3.8, 4) is 0 Å². The molecule has 0 atom stereocenters. The van der Waals surface area contributed by atoms with Gasteiger partial charge in [-0.05, 0) is 29.8 Å². The van der Waals surface area contributed by atoms with E-state index < -0.39 is 11.4 Å². The van der Waals surface area contributed by atoms with Crippen molar-refractivity contribution in [2.24, 2.45) is 0 Å². The SMILES string of the molecule is Nc1cccc2c1c(=O)c(C(=O)O)cn2Cc1ccc(Cl)cc1. The lowest BCUT2D eigenvalue weighted by Crippen LogP contribution is -2.20. The Morgan fingerprint density at radius 1 is 1.17 bits per heavy atom. The minimum Gasteiger partial charge on any atom is -0.477 e. The molecule has 3 N–H and O–H groups in total. The number of carboxylic acid groups (broad SMARTS) is 1. The Morgan fingerprint density at radius 2 is 1.87 bits per heavy atom. The molecule has 0 radical (unpaired) electrons. The number of aromatic nitrogens is 1. The van der Waals surface area contributed by atoms with Gasteiger partial charge in [0.2, 0.25) is 5.43 Å². The van der Waals surface area contributed by atoms with Gasteiger partial charge in [0, 0.05) is 23.5 Å². The first-order valence-corrected chi connectivity index (χ1v) is 7.24. The summed E-state index contributed by atoms with van der Waals surface area (Å²) in [7, 11) is 0. The molecule has 0 amide bonds. The van der Waals surface area contributed by atoms with Crippen molar-refractivity contribution < 1.29 is 9.90 Å². The first-order chi connectivity index (χ1) is 11.0. The van der Waals surface area contributed by atoms with Crippen molar-refractivity contribution in [1.82, 2.24) is 4.57 Å². The smallest absolute Gasteiger partial charge is 0.341 e. The molecule has 2 aromatic carbocycles. The summed E-state index contributed by atoms with van der Waals surface area (Å²) < 4.78 is 1.71. The number of pyridine rings is 1. The number of nitrogen functional groups attached to an aromatic ring is 1. The highest BCUT2D eigenvalue weighted by atomic mass is 35.5. The summed E-state index contributed by atoms with van der Waals surface area (Å²) in [5.41, 5.74) is 6.80. The predicted octanol–water partition coefficient (Wildman–Crippen LogP) is 2.98. The van der Waals surface area contributed by atoms with Gasteiger partial charge in [-0.1, -0.05) is 29.8 Å². The van der Waals surface area contributed by atoms with Crippen LogP contribution in [0.15, 0.2) is 53.5 Å². The standard InChI is InChI=1S/C17H13ClN2O3/c18-11-6-4-10(5-7-11)8-20-9-12(17(22)23)16(21)15-13(19)2-1-3-14(15)20/h1-7,9H,8,19H2,(H,22,23). The van der Waals surface area contributed by atoms with Crippen molar-refractivity contribution >= 4 is 34.2 Å². The second-order valence-electron chi connectivity index (χ2n) is 5.17. The highest BCUT2D eigenvalue weighted by Crippen LogP contribution is 2.20. The van der Waals surface area contributed by atoms with Gasteiger partial charge in [-0.25, -0.2) is 4.79 Å². The molecule has 0 fully saturated rings. The number of benzene rings is 2. The first kappa shape index (κ1) is 15.1. The highest BCUT2D eigenvalue weighted by molar-refractivity contribution is 6.30. The zero-order chi connectivity index (χ0) is 16.6. The van der Waals surface area contributed by atoms with E-state index in [9.17, 15) is 14.7 Å². The molecule has 3 rings (SSSR count). The topological polar surface area (TPSA) is 85.3 Å². The molecule has 0 bridgehead atoms. The van der Waals surface area contributed by atoms with Crippen LogP contribution in [0.1, 0.15) is 15.9 Å². The van der Waals surface area contributed by atoms with Gasteiger partial charge in [0.15, 0.2) is 0 Å². The van der Waals surface area contributed by atoms with Crippen LogP contribution in [0.3, 0.4) is 0 Å². The Balaban J connectivity index is 2.25. The molecule has 1 aromatic heterocycles. The Bertz CT molecular complexity index is 962. The number of halogens is 1. The Hall–Kier alpha value is -2.79. The first-order valence-electron chi connectivity index (χ1n) is 6.87. The third-order valence-corrected chi connectivity index (χ3v) is 3.89. The van der Waals surface area contributed by atoms with Gasteiger partial charge in [-0.2, -0.15) is 0 Å². The Labute approximate surface area is 136 Å². The molecule has 1 heterocycles. The van der Waals surface area contributed by atoms with Crippen LogP contribution in [0.5, 0.6) is 0 Å². The third kappa shape index (κ3) is 2.78. The second-order valence-corrected chi connectivity index (χ2v) is 5.61.